The van der Waals surface area contributed by atoms with Gasteiger partial charge in [-0.3, -0.25) is 25.0 Å². The lowest BCUT2D eigenvalue weighted by Crippen LogP contribution is -2.43. The molecule has 0 amide bonds. The topological polar surface area (TPSA) is 176 Å². The third kappa shape index (κ3) is 33.1. The third-order valence-corrected chi connectivity index (χ3v) is 24.5. The van der Waals surface area contributed by atoms with Crippen molar-refractivity contribution in [2.45, 2.75) is 348 Å². The number of nitrogens with two attached hydrogens (primary N) is 2. The van der Waals surface area contributed by atoms with Crippen LogP contribution in [0.25, 0.3) is 71.6 Å². The van der Waals surface area contributed by atoms with Gasteiger partial charge in [0.1, 0.15) is 0 Å². The summed E-state index contributed by atoms with van der Waals surface area (Å²) in [6.07, 6.45) is 63.0. The second-order valence-electron chi connectivity index (χ2n) is 33.2. The van der Waals surface area contributed by atoms with E-state index in [9.17, 15) is 25.0 Å². The van der Waals surface area contributed by atoms with Crippen LogP contribution in [0, 0.1) is 23.8 Å². The van der Waals surface area contributed by atoms with Gasteiger partial charge in [-0.1, -0.05) is 314 Å². The van der Waals surface area contributed by atoms with E-state index in [0.29, 0.717) is 12.2 Å². The molecule has 11 nitrogen and oxygen atoms in total. The fourth-order valence-corrected chi connectivity index (χ4v) is 16.9. The highest BCUT2D eigenvalue weighted by molar-refractivity contribution is 14.1. The Kier molecular flexibility index (Phi) is 44.0. The maximum absolute atomic E-state index is 13.0. The van der Waals surface area contributed by atoms with E-state index in [4.69, 9.17) is 11.5 Å². The predicted molar refractivity (Wildman–Crippen MR) is 502 cm³/mol. The molecule has 622 valence electrons. The Bertz CT molecular complexity index is 4280. The summed E-state index contributed by atoms with van der Waals surface area (Å²) in [6.45, 7) is 9.14. The van der Waals surface area contributed by atoms with Gasteiger partial charge in [-0.25, -0.2) is 0 Å². The van der Waals surface area contributed by atoms with Crippen LogP contribution in [0.15, 0.2) is 170 Å². The summed E-state index contributed by atoms with van der Waals surface area (Å²) in [4.78, 5) is 37.4. The Balaban J connectivity index is 0.000000227. The van der Waals surface area contributed by atoms with Crippen molar-refractivity contribution in [3.63, 3.8) is 0 Å². The van der Waals surface area contributed by atoms with Crippen LogP contribution in [0.4, 0.5) is 11.4 Å². The molecule has 5 N–H and O–H groups in total. The minimum atomic E-state index is -0.391. The molecule has 1 aliphatic carbocycles. The molecule has 0 saturated heterocycles. The number of aromatic nitrogens is 2. The molecule has 0 bridgehead atoms. The molecule has 2 atom stereocenters. The van der Waals surface area contributed by atoms with Gasteiger partial charge in [-0.05, 0) is 222 Å². The van der Waals surface area contributed by atoms with Gasteiger partial charge in [0.25, 0.3) is 11.4 Å². The lowest BCUT2D eigenvalue weighted by atomic mass is 9.92. The Labute approximate surface area is 706 Å². The molecular formula is C103H143IN6O5. The van der Waals surface area contributed by atoms with Crippen LogP contribution < -0.4 is 11.5 Å². The van der Waals surface area contributed by atoms with Crippen molar-refractivity contribution < 1.29 is 14.6 Å². The molecule has 12 heteroatoms. The standard InChI is InChI=1S/C48H64N2O2.C37H57NO.C12H8INO2.C6H14N2/c1-3-5-7-9-11-13-15-17-19-21-23-39-25-35-47-45(37-39)46-38-40(24-22-20-18-16-14-12-10-8-6-4-2)26-36-48(46)49(47)43-31-27-41(28-32-43)42-29-33-44(34-30-42)50(51)52;1-3-5-7-9-11-13-15-17-19-21-23-31-25-27-35-33(29-31)34-30-32(26-28-36(34)38-35)37(39)24-22-20-18-16-14-12-10-8-6-4-2;13-11-5-1-9(2-6-11)10-3-7-12(8-4-10)14(15)16;7-5-3-1-2-4-6(5)8/h25-38H,3-24H2,1-2H3;25-30,38H,3-24H2,1-2H3;1-8H;5-6H,1-4,7-8H2/t;;;5-,6-/m...1/s1. The molecule has 0 aliphatic heterocycles. The number of nitro benzene ring substituents is 2. The van der Waals surface area contributed by atoms with Gasteiger partial charge in [-0.2, -0.15) is 0 Å². The van der Waals surface area contributed by atoms with Gasteiger partial charge >= 0.3 is 0 Å². The van der Waals surface area contributed by atoms with E-state index < -0.39 is 4.92 Å². The molecule has 8 aromatic carbocycles. The molecule has 1 saturated carbocycles. The van der Waals surface area contributed by atoms with Gasteiger partial charge in [-0.15, -0.1) is 0 Å². The predicted octanol–water partition coefficient (Wildman–Crippen LogP) is 31.6. The third-order valence-electron chi connectivity index (χ3n) is 23.8. The first-order valence-corrected chi connectivity index (χ1v) is 46.9. The molecule has 10 aromatic rings. The number of aryl methyl sites for hydroxylation is 3. The van der Waals surface area contributed by atoms with Crippen LogP contribution in [-0.4, -0.2) is 37.3 Å². The SMILES string of the molecule is CCCCCCCCCCCCC(=O)c1ccc2[nH]c3ccc(CCCCCCCCCCCC)cc3c2c1.CCCCCCCCCCCCc1ccc2c(c1)c1cc(CCCCCCCCCCCC)ccc1n2-c1ccc(-c2ccc([N+](=O)[O-])cc2)cc1.N[C@@H]1CCCC[C@H]1N.O=[N+]([O-])c1ccc(-c2ccc(I)cc2)cc1. The number of H-pyrrole nitrogens is 1. The van der Waals surface area contributed by atoms with Crippen molar-refractivity contribution in [2.24, 2.45) is 11.5 Å². The maximum atomic E-state index is 13.0. The van der Waals surface area contributed by atoms with E-state index in [2.05, 4.69) is 151 Å². The second-order valence-corrected chi connectivity index (χ2v) is 34.5. The lowest BCUT2D eigenvalue weighted by Gasteiger charge is -2.24. The molecule has 11 rings (SSSR count). The minimum absolute atomic E-state index is 0.116. The zero-order chi connectivity index (χ0) is 81.5. The summed E-state index contributed by atoms with van der Waals surface area (Å²) in [6, 6.07) is 58.1. The quantitative estimate of drug-likeness (QED) is 0.0112. The Morgan fingerprint density at radius 2 is 0.661 bits per heavy atom. The van der Waals surface area contributed by atoms with Crippen molar-refractivity contribution in [1.29, 1.82) is 0 Å². The number of aromatic amines is 1. The number of rotatable bonds is 50. The number of nitro groups is 2. The summed E-state index contributed by atoms with van der Waals surface area (Å²) >= 11 is 2.24. The molecule has 1 aliphatic rings. The van der Waals surface area contributed by atoms with Crippen molar-refractivity contribution in [3.8, 4) is 27.9 Å². The van der Waals surface area contributed by atoms with E-state index >= 15 is 0 Å². The number of Topliss-reactive ketones (excluding diaryl/α,β-unsaturated/α-hetero) is 1. The van der Waals surface area contributed by atoms with Gasteiger partial charge in [0.2, 0.25) is 0 Å². The fourth-order valence-electron chi connectivity index (χ4n) is 16.5. The molecule has 2 aromatic heterocycles. The number of nitrogens with one attached hydrogen (secondary N) is 1. The number of carbonyl (C=O) groups is 1. The highest BCUT2D eigenvalue weighted by atomic mass is 127. The number of nitrogens with zero attached hydrogens (tertiary/aromatic N) is 3. The molecule has 0 spiro atoms. The first-order chi connectivity index (χ1) is 56.3. The number of fused-ring (bicyclic) bond motifs is 6. The summed E-state index contributed by atoms with van der Waals surface area (Å²) in [7, 11) is 0. The summed E-state index contributed by atoms with van der Waals surface area (Å²) in [5.41, 5.74) is 26.8. The van der Waals surface area contributed by atoms with E-state index in [0.717, 1.165) is 77.5 Å². The number of halogens is 1. The van der Waals surface area contributed by atoms with Crippen LogP contribution in [0.3, 0.4) is 0 Å². The number of benzene rings is 8. The minimum Gasteiger partial charge on any atom is -0.355 e. The molecule has 0 radical (unpaired) electrons. The zero-order valence-electron chi connectivity index (χ0n) is 71.2. The van der Waals surface area contributed by atoms with E-state index in [1.54, 1.807) is 24.3 Å². The van der Waals surface area contributed by atoms with Gasteiger partial charge < -0.3 is 21.0 Å². The van der Waals surface area contributed by atoms with Crippen molar-refractivity contribution in [3.05, 3.63) is 216 Å². The van der Waals surface area contributed by atoms with Gasteiger partial charge in [0.05, 0.1) is 20.9 Å². The van der Waals surface area contributed by atoms with Gasteiger partial charge in [0, 0.05) is 90.2 Å². The molecule has 2 heterocycles. The molecule has 1 fully saturated rings. The van der Waals surface area contributed by atoms with Crippen LogP contribution in [0.1, 0.15) is 344 Å². The van der Waals surface area contributed by atoms with Crippen LogP contribution >= 0.6 is 22.6 Å². The number of carbonyl (C=O) groups excluding carboxylic acids is 1. The average molecular weight is 1670 g/mol. The van der Waals surface area contributed by atoms with E-state index in [1.807, 2.05) is 42.5 Å². The van der Waals surface area contributed by atoms with Crippen LogP contribution in [-0.2, 0) is 19.3 Å². The van der Waals surface area contributed by atoms with Gasteiger partial charge in [0.15, 0.2) is 5.78 Å². The Morgan fingerprint density at radius 3 is 1.01 bits per heavy atom. The number of non-ortho nitro benzene ring substituents is 2. The number of ketones is 1. The van der Waals surface area contributed by atoms with Crippen LogP contribution in [0.5, 0.6) is 0 Å². The molecular weight excluding hydrogens is 1530 g/mol. The summed E-state index contributed by atoms with van der Waals surface area (Å²) < 4.78 is 3.59. The average Bonchev–Trinajstić information content (AvgIpc) is 1.60. The van der Waals surface area contributed by atoms with Crippen molar-refractivity contribution in [1.82, 2.24) is 9.55 Å². The summed E-state index contributed by atoms with van der Waals surface area (Å²) in [5, 5.41) is 26.8. The number of unbranched alkanes of at least 4 members (excludes halogenated alkanes) is 36. The highest BCUT2D eigenvalue weighted by Gasteiger charge is 2.19. The van der Waals surface area contributed by atoms with Crippen molar-refractivity contribution in [2.75, 3.05) is 0 Å². The maximum Gasteiger partial charge on any atom is 0.269 e. The molecule has 115 heavy (non-hydrogen) atoms. The summed E-state index contributed by atoms with van der Waals surface area (Å²) in [5.74, 6) is 0.298. The van der Waals surface area contributed by atoms with Crippen LogP contribution in [0.2, 0.25) is 0 Å². The second kappa shape index (κ2) is 54.5. The normalized spacial score (nSPS) is 13.3. The number of hydrogen-bond donors (Lipinski definition) is 3. The monoisotopic (exact) mass is 1670 g/mol. The Morgan fingerprint density at radius 1 is 0.365 bits per heavy atom. The largest absolute Gasteiger partial charge is 0.355 e. The smallest absolute Gasteiger partial charge is 0.269 e. The molecule has 0 unspecified atom stereocenters. The lowest BCUT2D eigenvalue weighted by molar-refractivity contribution is -0.385. The van der Waals surface area contributed by atoms with E-state index in [-0.39, 0.29) is 28.4 Å². The number of hydrogen-bond acceptors (Lipinski definition) is 7. The fraction of sp³-hybridized carbons (Fsp3) is 0.524. The Hall–Kier alpha value is -7.52. The first kappa shape index (κ1) is 93.0. The highest BCUT2D eigenvalue weighted by Crippen LogP contribution is 2.37. The zero-order valence-corrected chi connectivity index (χ0v) is 73.3. The van der Waals surface area contributed by atoms with E-state index in [1.165, 1.54) is 334 Å². The first-order valence-electron chi connectivity index (χ1n) is 45.8. The van der Waals surface area contributed by atoms with Crippen molar-refractivity contribution >= 4 is 83.4 Å².